The molecule has 2 aliphatic rings. The summed E-state index contributed by atoms with van der Waals surface area (Å²) in [5.41, 5.74) is 3.17. The molecule has 4 rings (SSSR count). The Bertz CT molecular complexity index is 809. The Morgan fingerprint density at radius 1 is 1.17 bits per heavy atom. The van der Waals surface area contributed by atoms with Gasteiger partial charge in [0.2, 0.25) is 5.75 Å². The van der Waals surface area contributed by atoms with Crippen molar-refractivity contribution in [2.75, 3.05) is 25.6 Å². The molecule has 2 aromatic carbocycles. The van der Waals surface area contributed by atoms with Crippen LogP contribution in [0.4, 0.5) is 5.69 Å². The van der Waals surface area contributed by atoms with Crippen LogP contribution >= 0.6 is 0 Å². The Labute approximate surface area is 133 Å². The van der Waals surface area contributed by atoms with Crippen LogP contribution in [0.1, 0.15) is 11.1 Å². The first-order valence-corrected chi connectivity index (χ1v) is 7.36. The minimum atomic E-state index is -0.111. The van der Waals surface area contributed by atoms with Gasteiger partial charge in [-0.15, -0.1) is 0 Å². The molecular formula is C18H15NO4. The molecule has 5 nitrogen and oxygen atoms in total. The van der Waals surface area contributed by atoms with Crippen molar-refractivity contribution >= 4 is 23.2 Å². The highest BCUT2D eigenvalue weighted by atomic mass is 16.6. The molecule has 1 N–H and O–H groups in total. The van der Waals surface area contributed by atoms with Gasteiger partial charge in [0.25, 0.3) is 5.91 Å². The van der Waals surface area contributed by atoms with Crippen molar-refractivity contribution in [3.05, 3.63) is 47.5 Å². The van der Waals surface area contributed by atoms with Crippen LogP contribution in [-0.4, -0.2) is 26.2 Å². The number of fused-ring (bicyclic) bond motifs is 2. The van der Waals surface area contributed by atoms with Crippen LogP contribution in [0, 0.1) is 0 Å². The number of rotatable bonds is 2. The molecule has 0 saturated carbocycles. The third-order valence-electron chi connectivity index (χ3n) is 3.87. The van der Waals surface area contributed by atoms with Crippen molar-refractivity contribution in [2.24, 2.45) is 0 Å². The van der Waals surface area contributed by atoms with E-state index in [1.54, 1.807) is 7.11 Å². The lowest BCUT2D eigenvalue weighted by Crippen LogP contribution is -2.16. The van der Waals surface area contributed by atoms with Crippen LogP contribution < -0.4 is 19.5 Å². The van der Waals surface area contributed by atoms with E-state index in [-0.39, 0.29) is 5.91 Å². The van der Waals surface area contributed by atoms with Crippen molar-refractivity contribution in [1.82, 2.24) is 0 Å². The summed E-state index contributed by atoms with van der Waals surface area (Å²) in [5, 5.41) is 2.86. The Morgan fingerprint density at radius 3 is 2.87 bits per heavy atom. The number of methoxy groups -OCH3 is 1. The number of nitrogens with one attached hydrogen (secondary N) is 1. The molecule has 0 bridgehead atoms. The van der Waals surface area contributed by atoms with Crippen molar-refractivity contribution < 1.29 is 19.0 Å². The van der Waals surface area contributed by atoms with E-state index in [2.05, 4.69) is 5.32 Å². The first-order chi connectivity index (χ1) is 11.3. The fourth-order valence-electron chi connectivity index (χ4n) is 2.83. The minimum Gasteiger partial charge on any atom is -0.493 e. The standard InChI is InChI=1S/C18H15NO4/c1-21-15-9-11(10-16-17(15)23-7-6-22-16)8-13-12-4-2-3-5-14(12)19-18(13)20/h2-5,8-10H,6-7H2,1H3,(H,19,20)/b13-8-. The molecule has 1 amide bonds. The molecule has 5 heteroatoms. The van der Waals surface area contributed by atoms with Gasteiger partial charge >= 0.3 is 0 Å². The SMILES string of the molecule is COc1cc(/C=C2\C(=O)Nc3ccccc32)cc2c1OCCO2. The van der Waals surface area contributed by atoms with Crippen molar-refractivity contribution in [1.29, 1.82) is 0 Å². The summed E-state index contributed by atoms with van der Waals surface area (Å²) in [6.45, 7) is 0.999. The molecule has 0 aromatic heterocycles. The molecule has 2 aromatic rings. The lowest BCUT2D eigenvalue weighted by atomic mass is 10.0. The second-order valence-electron chi connectivity index (χ2n) is 5.31. The van der Waals surface area contributed by atoms with Crippen molar-refractivity contribution in [3.63, 3.8) is 0 Å². The van der Waals surface area contributed by atoms with Gasteiger partial charge in [-0.05, 0) is 29.8 Å². The summed E-state index contributed by atoms with van der Waals surface area (Å²) in [7, 11) is 1.59. The zero-order chi connectivity index (χ0) is 15.8. The molecule has 0 aliphatic carbocycles. The van der Waals surface area contributed by atoms with Gasteiger partial charge in [0.15, 0.2) is 11.5 Å². The van der Waals surface area contributed by atoms with E-state index in [0.717, 1.165) is 16.8 Å². The Morgan fingerprint density at radius 2 is 2.00 bits per heavy atom. The van der Waals surface area contributed by atoms with Crippen molar-refractivity contribution in [3.8, 4) is 17.2 Å². The number of hydrogen-bond acceptors (Lipinski definition) is 4. The van der Waals surface area contributed by atoms with Crippen LogP contribution in [0.5, 0.6) is 17.2 Å². The van der Waals surface area contributed by atoms with E-state index in [4.69, 9.17) is 14.2 Å². The van der Waals surface area contributed by atoms with Gasteiger partial charge in [0.1, 0.15) is 13.2 Å². The van der Waals surface area contributed by atoms with Crippen LogP contribution in [0.25, 0.3) is 11.6 Å². The Hall–Kier alpha value is -2.95. The number of para-hydroxylation sites is 1. The van der Waals surface area contributed by atoms with Crippen LogP contribution in [-0.2, 0) is 4.79 Å². The summed E-state index contributed by atoms with van der Waals surface area (Å²) < 4.78 is 16.6. The Kier molecular flexibility index (Phi) is 3.19. The Balaban J connectivity index is 1.81. The summed E-state index contributed by atoms with van der Waals surface area (Å²) in [5.74, 6) is 1.73. The van der Waals surface area contributed by atoms with Gasteiger partial charge in [-0.1, -0.05) is 18.2 Å². The molecule has 0 radical (unpaired) electrons. The van der Waals surface area contributed by atoms with Crippen LogP contribution in [0.3, 0.4) is 0 Å². The number of hydrogen-bond donors (Lipinski definition) is 1. The average Bonchev–Trinajstić information content (AvgIpc) is 2.90. The second-order valence-corrected chi connectivity index (χ2v) is 5.31. The van der Waals surface area contributed by atoms with E-state index < -0.39 is 0 Å². The first kappa shape index (κ1) is 13.7. The van der Waals surface area contributed by atoms with E-state index in [9.17, 15) is 4.79 Å². The van der Waals surface area contributed by atoms with Crippen molar-refractivity contribution in [2.45, 2.75) is 0 Å². The van der Waals surface area contributed by atoms with E-state index >= 15 is 0 Å². The number of anilines is 1. The summed E-state index contributed by atoms with van der Waals surface area (Å²) >= 11 is 0. The minimum absolute atomic E-state index is 0.111. The maximum absolute atomic E-state index is 12.2. The third kappa shape index (κ3) is 2.30. The normalized spacial score (nSPS) is 16.9. The molecular weight excluding hydrogens is 294 g/mol. The fourth-order valence-corrected chi connectivity index (χ4v) is 2.83. The second kappa shape index (κ2) is 5.35. The van der Waals surface area contributed by atoms with Gasteiger partial charge in [0.05, 0.1) is 7.11 Å². The molecule has 2 aliphatic heterocycles. The van der Waals surface area contributed by atoms with Crippen LogP contribution in [0.15, 0.2) is 36.4 Å². The third-order valence-corrected chi connectivity index (χ3v) is 3.87. The zero-order valence-corrected chi connectivity index (χ0v) is 12.6. The van der Waals surface area contributed by atoms with E-state index in [0.29, 0.717) is 36.0 Å². The van der Waals surface area contributed by atoms with Gasteiger partial charge in [-0.3, -0.25) is 4.79 Å². The maximum atomic E-state index is 12.2. The summed E-state index contributed by atoms with van der Waals surface area (Å²) in [4.78, 5) is 12.2. The van der Waals surface area contributed by atoms with E-state index in [1.165, 1.54) is 0 Å². The smallest absolute Gasteiger partial charge is 0.256 e. The molecule has 0 unspecified atom stereocenters. The largest absolute Gasteiger partial charge is 0.493 e. The van der Waals surface area contributed by atoms with Gasteiger partial charge in [-0.25, -0.2) is 0 Å². The van der Waals surface area contributed by atoms with Gasteiger partial charge in [0, 0.05) is 16.8 Å². The predicted molar refractivity (Wildman–Crippen MR) is 86.9 cm³/mol. The number of carbonyl (C=O) groups excluding carboxylic acids is 1. The zero-order valence-electron chi connectivity index (χ0n) is 12.6. The average molecular weight is 309 g/mol. The number of amides is 1. The molecule has 0 saturated heterocycles. The highest BCUT2D eigenvalue weighted by molar-refractivity contribution is 6.34. The highest BCUT2D eigenvalue weighted by Gasteiger charge is 2.24. The monoisotopic (exact) mass is 309 g/mol. The number of benzene rings is 2. The summed E-state index contributed by atoms with van der Waals surface area (Å²) in [6.07, 6.45) is 1.84. The van der Waals surface area contributed by atoms with E-state index in [1.807, 2.05) is 42.5 Å². The topological polar surface area (TPSA) is 56.8 Å². The molecule has 0 atom stereocenters. The molecule has 116 valence electrons. The highest BCUT2D eigenvalue weighted by Crippen LogP contribution is 2.42. The molecule has 0 spiro atoms. The predicted octanol–water partition coefficient (Wildman–Crippen LogP) is 2.96. The molecule has 2 heterocycles. The number of carbonyl (C=O) groups is 1. The fraction of sp³-hybridized carbons (Fsp3) is 0.167. The quantitative estimate of drug-likeness (QED) is 0.867. The summed E-state index contributed by atoms with van der Waals surface area (Å²) in [6, 6.07) is 11.3. The number of ether oxygens (including phenoxy) is 3. The van der Waals surface area contributed by atoms with Gasteiger partial charge in [-0.2, -0.15) is 0 Å². The van der Waals surface area contributed by atoms with Crippen LogP contribution in [0.2, 0.25) is 0 Å². The van der Waals surface area contributed by atoms with Gasteiger partial charge < -0.3 is 19.5 Å². The molecule has 0 fully saturated rings. The molecule has 23 heavy (non-hydrogen) atoms. The maximum Gasteiger partial charge on any atom is 0.256 e. The first-order valence-electron chi connectivity index (χ1n) is 7.36. The lowest BCUT2D eigenvalue weighted by Gasteiger charge is -2.21. The lowest BCUT2D eigenvalue weighted by molar-refractivity contribution is -0.110.